The number of nitrogens with zero attached hydrogens (tertiary/aromatic N) is 2. The first kappa shape index (κ1) is 56.4. The van der Waals surface area contributed by atoms with Gasteiger partial charge in [0.2, 0.25) is 0 Å². The number of rotatable bonds is 6. The van der Waals surface area contributed by atoms with Gasteiger partial charge >= 0.3 is 0 Å². The number of benzene rings is 15. The van der Waals surface area contributed by atoms with E-state index in [1.807, 2.05) is 0 Å². The zero-order chi connectivity index (χ0) is 67.3. The van der Waals surface area contributed by atoms with Gasteiger partial charge in [-0.05, 0) is 231 Å². The van der Waals surface area contributed by atoms with E-state index in [0.29, 0.717) is 0 Å². The first-order valence-electron chi connectivity index (χ1n) is 35.9. The van der Waals surface area contributed by atoms with Gasteiger partial charge in [0, 0.05) is 72.1 Å². The van der Waals surface area contributed by atoms with Crippen LogP contribution < -0.4 is 9.80 Å². The Balaban J connectivity index is 0.791. The molecule has 0 amide bonds. The fourth-order valence-corrected chi connectivity index (χ4v) is 20.7. The lowest BCUT2D eigenvalue weighted by Crippen LogP contribution is -2.27. The lowest BCUT2D eigenvalue weighted by Gasteiger charge is -2.33. The largest absolute Gasteiger partial charge is 0.456 e. The smallest absolute Gasteiger partial charge is 0.144 e. The van der Waals surface area contributed by atoms with Crippen molar-refractivity contribution in [2.24, 2.45) is 0 Å². The van der Waals surface area contributed by atoms with E-state index < -0.39 is 16.2 Å². The molecule has 478 valence electrons. The molecule has 0 unspecified atom stereocenters. The SMILES string of the molecule is CC1(C)c2ccccc2-c2c1c1c(c3c2oc2ccccc23)-c2ccc(N(c3ccc(N(c4ccccc4)c4ccccc4)cc3)c3ccc4c(c3)C3(c5ccccc5-c5ccccc53)c3cc5c(cc3-4)C3(c4ccccc4-c4ccccc43)c3ccc4oc6ccccc6c4c3-5)cc2C1(C)C. The van der Waals surface area contributed by atoms with Crippen molar-refractivity contribution in [3.63, 3.8) is 0 Å². The molecule has 2 aromatic heterocycles. The summed E-state index contributed by atoms with van der Waals surface area (Å²) < 4.78 is 14.0. The van der Waals surface area contributed by atoms with Gasteiger partial charge in [-0.2, -0.15) is 0 Å². The molecule has 15 aromatic carbocycles. The van der Waals surface area contributed by atoms with Crippen molar-refractivity contribution >= 4 is 78.0 Å². The summed E-state index contributed by atoms with van der Waals surface area (Å²) in [5, 5.41) is 4.65. The van der Waals surface area contributed by atoms with Crippen LogP contribution in [0.25, 0.3) is 111 Å². The van der Waals surface area contributed by atoms with Gasteiger partial charge < -0.3 is 18.6 Å². The minimum Gasteiger partial charge on any atom is -0.456 e. The van der Waals surface area contributed by atoms with Gasteiger partial charge in [-0.3, -0.25) is 0 Å². The van der Waals surface area contributed by atoms with Crippen LogP contribution in [0, 0.1) is 0 Å². The zero-order valence-corrected chi connectivity index (χ0v) is 56.7. The summed E-state index contributed by atoms with van der Waals surface area (Å²) in [4.78, 5) is 4.91. The Labute approximate surface area is 591 Å². The Morgan fingerprint density at radius 2 is 0.608 bits per heavy atom. The van der Waals surface area contributed by atoms with Crippen LogP contribution in [0.4, 0.5) is 34.1 Å². The molecule has 2 heterocycles. The van der Waals surface area contributed by atoms with Crippen LogP contribution in [-0.2, 0) is 21.7 Å². The van der Waals surface area contributed by atoms with Crippen LogP contribution in [0.2, 0.25) is 0 Å². The van der Waals surface area contributed by atoms with Crippen LogP contribution in [-0.4, -0.2) is 0 Å². The summed E-state index contributed by atoms with van der Waals surface area (Å²) in [7, 11) is 0. The van der Waals surface area contributed by atoms with E-state index in [-0.39, 0.29) is 5.41 Å². The average Bonchev–Trinajstić information content (AvgIpc) is 1.49. The third-order valence-electron chi connectivity index (χ3n) is 24.6. The van der Waals surface area contributed by atoms with Gasteiger partial charge in [0.05, 0.1) is 10.8 Å². The molecule has 4 heteroatoms. The summed E-state index contributed by atoms with van der Waals surface area (Å²) in [5.74, 6) is 0. The standard InChI is InChI=1S/C98H64N2O2/c1-95(2)74-36-18-15-33-68(74)91-93(95)92-89(90-71-35-17-24-42-85(71)102-94(90)91)69-50-48-61(53-80(69)96(92,3)4)100(60-45-43-59(44-46-60)99(57-25-7-5-8-26-57)58-27-9-6-10-28-58)62-47-49-67-72-55-83-73(56-82(72)98(81(67)54-62)77-39-21-13-31-65(77)66-32-14-22-40-78(66)98)87-79(51-52-86-88(87)70-34-16-23-41-84(70)101-86)97(83)75-37-19-11-29-63(75)64-30-12-20-38-76(64)97/h5-56H,1-4H3. The minimum absolute atomic E-state index is 0.294. The van der Waals surface area contributed by atoms with E-state index in [2.05, 4.69) is 353 Å². The Kier molecular flexibility index (Phi) is 10.9. The van der Waals surface area contributed by atoms with Crippen molar-refractivity contribution in [1.29, 1.82) is 0 Å². The molecule has 23 rings (SSSR count). The molecule has 4 nitrogen and oxygen atoms in total. The molecule has 6 aliphatic carbocycles. The first-order chi connectivity index (χ1) is 50.1. The first-order valence-corrected chi connectivity index (χ1v) is 35.9. The molecule has 102 heavy (non-hydrogen) atoms. The lowest BCUT2D eigenvalue weighted by atomic mass is 9.68. The van der Waals surface area contributed by atoms with Crippen molar-refractivity contribution in [3.8, 4) is 66.8 Å². The van der Waals surface area contributed by atoms with Crippen molar-refractivity contribution in [2.45, 2.75) is 49.4 Å². The van der Waals surface area contributed by atoms with Gasteiger partial charge in [0.25, 0.3) is 0 Å². The molecule has 0 saturated heterocycles. The molecule has 0 saturated carbocycles. The van der Waals surface area contributed by atoms with Crippen LogP contribution in [0.5, 0.6) is 0 Å². The van der Waals surface area contributed by atoms with Crippen molar-refractivity contribution in [3.05, 3.63) is 382 Å². The molecule has 6 aliphatic rings. The second-order valence-corrected chi connectivity index (χ2v) is 30.0. The van der Waals surface area contributed by atoms with Crippen LogP contribution in [0.1, 0.15) is 94.5 Å². The van der Waals surface area contributed by atoms with E-state index in [4.69, 9.17) is 8.83 Å². The van der Waals surface area contributed by atoms with E-state index >= 15 is 0 Å². The molecule has 0 fully saturated rings. The molecule has 17 aromatic rings. The van der Waals surface area contributed by atoms with Gasteiger partial charge in [-0.15, -0.1) is 0 Å². The van der Waals surface area contributed by atoms with E-state index in [1.165, 1.54) is 144 Å². The summed E-state index contributed by atoms with van der Waals surface area (Å²) in [6, 6.07) is 119. The molecule has 2 spiro atoms. The molecule has 0 bridgehead atoms. The second kappa shape index (κ2) is 19.7. The van der Waals surface area contributed by atoms with Gasteiger partial charge in [-0.1, -0.05) is 240 Å². The summed E-state index contributed by atoms with van der Waals surface area (Å²) in [6.45, 7) is 9.81. The molecule has 0 aliphatic heterocycles. The second-order valence-electron chi connectivity index (χ2n) is 30.0. The predicted octanol–water partition coefficient (Wildman–Crippen LogP) is 25.7. The van der Waals surface area contributed by atoms with Crippen LogP contribution in [0.15, 0.2) is 324 Å². The third kappa shape index (κ3) is 6.83. The molecule has 0 radical (unpaired) electrons. The van der Waals surface area contributed by atoms with Crippen LogP contribution in [0.3, 0.4) is 0 Å². The van der Waals surface area contributed by atoms with Crippen LogP contribution >= 0.6 is 0 Å². The highest BCUT2D eigenvalue weighted by molar-refractivity contribution is 6.21. The normalized spacial score (nSPS) is 15.2. The maximum absolute atomic E-state index is 7.16. The number of para-hydroxylation sites is 4. The molecule has 0 atom stereocenters. The molecular weight excluding hydrogens is 1240 g/mol. The summed E-state index contributed by atoms with van der Waals surface area (Å²) >= 11 is 0. The van der Waals surface area contributed by atoms with E-state index in [0.717, 1.165) is 67.2 Å². The fraction of sp³-hybridized carbons (Fsp3) is 0.0816. The number of furan rings is 2. The van der Waals surface area contributed by atoms with E-state index in [9.17, 15) is 0 Å². The average molecular weight is 1300 g/mol. The van der Waals surface area contributed by atoms with Gasteiger partial charge in [-0.25, -0.2) is 0 Å². The van der Waals surface area contributed by atoms with Crippen molar-refractivity contribution in [2.75, 3.05) is 9.80 Å². The highest BCUT2D eigenvalue weighted by Gasteiger charge is 2.57. The molecular formula is C98H64N2O2. The highest BCUT2D eigenvalue weighted by atomic mass is 16.3. The Morgan fingerprint density at radius 3 is 1.20 bits per heavy atom. The Bertz CT molecular complexity index is 6450. The maximum atomic E-state index is 7.16. The lowest BCUT2D eigenvalue weighted by molar-refractivity contribution is 0.600. The topological polar surface area (TPSA) is 32.8 Å². The predicted molar refractivity (Wildman–Crippen MR) is 418 cm³/mol. The number of hydrogen-bond acceptors (Lipinski definition) is 4. The van der Waals surface area contributed by atoms with Crippen molar-refractivity contribution < 1.29 is 8.83 Å². The Hall–Kier alpha value is -12.5. The quantitative estimate of drug-likeness (QED) is 0.166. The Morgan fingerprint density at radius 1 is 0.225 bits per heavy atom. The summed E-state index contributed by atoms with van der Waals surface area (Å²) in [5.41, 5.74) is 39.0. The van der Waals surface area contributed by atoms with E-state index in [1.54, 1.807) is 0 Å². The van der Waals surface area contributed by atoms with Gasteiger partial charge in [0.15, 0.2) is 0 Å². The number of anilines is 6. The monoisotopic (exact) mass is 1300 g/mol. The zero-order valence-electron chi connectivity index (χ0n) is 56.7. The molecule has 0 N–H and O–H groups in total. The van der Waals surface area contributed by atoms with Gasteiger partial charge in [0.1, 0.15) is 22.3 Å². The highest BCUT2D eigenvalue weighted by Crippen LogP contribution is 2.70. The number of hydrogen-bond donors (Lipinski definition) is 0. The third-order valence-corrected chi connectivity index (χ3v) is 24.6. The van der Waals surface area contributed by atoms with Crippen molar-refractivity contribution in [1.82, 2.24) is 0 Å². The fourth-order valence-electron chi connectivity index (χ4n) is 20.7. The number of fused-ring (bicyclic) bond motifs is 36. The minimum atomic E-state index is -0.719. The summed E-state index contributed by atoms with van der Waals surface area (Å²) in [6.07, 6.45) is 0. The maximum Gasteiger partial charge on any atom is 0.144 e.